The third kappa shape index (κ3) is 3.59. The number of sulfonamides is 1. The first-order valence-corrected chi connectivity index (χ1v) is 10.1. The Morgan fingerprint density at radius 3 is 2.15 bits per heavy atom. The molecule has 0 unspecified atom stereocenters. The molecule has 0 aliphatic rings. The highest BCUT2D eigenvalue weighted by atomic mass is 32.2. The van der Waals surface area contributed by atoms with Gasteiger partial charge in [-0.25, -0.2) is 12.7 Å². The number of carbonyl (C=O) groups excluding carboxylic acids is 1. The molecule has 1 amide bonds. The van der Waals surface area contributed by atoms with Crippen LogP contribution < -0.4 is 4.90 Å². The van der Waals surface area contributed by atoms with Crippen LogP contribution in [-0.2, 0) is 10.0 Å². The lowest BCUT2D eigenvalue weighted by Gasteiger charge is -2.23. The number of carbonyl (C=O) groups is 1. The zero-order valence-electron chi connectivity index (χ0n) is 15.6. The van der Waals surface area contributed by atoms with E-state index in [-0.39, 0.29) is 10.8 Å². The summed E-state index contributed by atoms with van der Waals surface area (Å²) in [5, 5.41) is 2.07. The average Bonchev–Trinajstić information content (AvgIpc) is 2.68. The van der Waals surface area contributed by atoms with Gasteiger partial charge in [0.2, 0.25) is 10.0 Å². The van der Waals surface area contributed by atoms with Gasteiger partial charge in [0.05, 0.1) is 10.6 Å². The molecule has 6 heteroatoms. The van der Waals surface area contributed by atoms with Gasteiger partial charge in [0.1, 0.15) is 0 Å². The summed E-state index contributed by atoms with van der Waals surface area (Å²) in [5.74, 6) is -0.164. The van der Waals surface area contributed by atoms with Crippen molar-refractivity contribution in [1.29, 1.82) is 0 Å². The van der Waals surface area contributed by atoms with Crippen molar-refractivity contribution in [3.8, 4) is 0 Å². The second-order valence-corrected chi connectivity index (χ2v) is 8.51. The smallest absolute Gasteiger partial charge is 0.258 e. The number of hydrogen-bond donors (Lipinski definition) is 0. The second kappa shape index (κ2) is 7.50. The molecule has 0 aromatic heterocycles. The number of amides is 1. The number of anilines is 1. The molecule has 3 aromatic rings. The van der Waals surface area contributed by atoms with Crippen LogP contribution in [0.3, 0.4) is 0 Å². The third-order valence-corrected chi connectivity index (χ3v) is 6.33. The van der Waals surface area contributed by atoms with Crippen LogP contribution in [0.2, 0.25) is 0 Å². The van der Waals surface area contributed by atoms with Gasteiger partial charge < -0.3 is 4.90 Å². The van der Waals surface area contributed by atoms with Crippen LogP contribution in [0.15, 0.2) is 71.6 Å². The van der Waals surface area contributed by atoms with Crippen LogP contribution in [0, 0.1) is 0 Å². The predicted octanol–water partition coefficient (Wildman–Crippen LogP) is 3.76. The molecule has 0 aliphatic carbocycles. The van der Waals surface area contributed by atoms with Gasteiger partial charge in [-0.2, -0.15) is 0 Å². The molecule has 0 N–H and O–H groups in total. The molecule has 0 fully saturated rings. The van der Waals surface area contributed by atoms with Crippen molar-refractivity contribution in [2.75, 3.05) is 25.5 Å². The highest BCUT2D eigenvalue weighted by Gasteiger charge is 2.21. The molecule has 5 nitrogen and oxygen atoms in total. The number of hydrogen-bond acceptors (Lipinski definition) is 3. The Bertz CT molecular complexity index is 1070. The topological polar surface area (TPSA) is 57.7 Å². The first-order valence-electron chi connectivity index (χ1n) is 8.68. The predicted molar refractivity (Wildman–Crippen MR) is 109 cm³/mol. The summed E-state index contributed by atoms with van der Waals surface area (Å²) in [6.07, 6.45) is 0. The van der Waals surface area contributed by atoms with E-state index in [0.717, 1.165) is 20.8 Å². The standard InChI is InChI=1S/C21H22N2O3S/c1-4-23(20-11-7-9-16-8-5-6-10-19(16)20)21(24)17-12-14-18(15-13-17)27(25,26)22(2)3/h5-15H,4H2,1-3H3. The second-order valence-electron chi connectivity index (χ2n) is 6.36. The van der Waals surface area contributed by atoms with Crippen molar-refractivity contribution in [1.82, 2.24) is 4.31 Å². The number of nitrogens with zero attached hydrogens (tertiary/aromatic N) is 2. The molecule has 0 saturated heterocycles. The van der Waals surface area contributed by atoms with Gasteiger partial charge in [-0.1, -0.05) is 36.4 Å². The minimum Gasteiger partial charge on any atom is -0.308 e. The highest BCUT2D eigenvalue weighted by molar-refractivity contribution is 7.89. The van der Waals surface area contributed by atoms with Gasteiger partial charge in [-0.3, -0.25) is 4.79 Å². The quantitative estimate of drug-likeness (QED) is 0.675. The van der Waals surface area contributed by atoms with E-state index in [2.05, 4.69) is 0 Å². The summed E-state index contributed by atoms with van der Waals surface area (Å²) in [7, 11) is -0.558. The van der Waals surface area contributed by atoms with Crippen molar-refractivity contribution in [3.63, 3.8) is 0 Å². The monoisotopic (exact) mass is 382 g/mol. The fraction of sp³-hybridized carbons (Fsp3) is 0.190. The Morgan fingerprint density at radius 2 is 1.52 bits per heavy atom. The van der Waals surface area contributed by atoms with E-state index in [0.29, 0.717) is 12.1 Å². The fourth-order valence-electron chi connectivity index (χ4n) is 3.00. The molecule has 0 heterocycles. The third-order valence-electron chi connectivity index (χ3n) is 4.50. The molecule has 0 saturated carbocycles. The summed E-state index contributed by atoms with van der Waals surface area (Å²) >= 11 is 0. The van der Waals surface area contributed by atoms with E-state index in [1.54, 1.807) is 17.0 Å². The Kier molecular flexibility index (Phi) is 5.30. The molecular formula is C21H22N2O3S. The summed E-state index contributed by atoms with van der Waals surface area (Å²) < 4.78 is 25.6. The Hall–Kier alpha value is -2.70. The van der Waals surface area contributed by atoms with Crippen molar-refractivity contribution in [2.45, 2.75) is 11.8 Å². The van der Waals surface area contributed by atoms with E-state index in [9.17, 15) is 13.2 Å². The van der Waals surface area contributed by atoms with Crippen molar-refractivity contribution < 1.29 is 13.2 Å². The van der Waals surface area contributed by atoms with Gasteiger partial charge in [0, 0.05) is 31.6 Å². The van der Waals surface area contributed by atoms with Gasteiger partial charge in [-0.05, 0) is 42.6 Å². The van der Waals surface area contributed by atoms with Crippen molar-refractivity contribution in [3.05, 3.63) is 72.3 Å². The molecule has 0 radical (unpaired) electrons. The molecule has 0 bridgehead atoms. The molecule has 0 atom stereocenters. The largest absolute Gasteiger partial charge is 0.308 e. The average molecular weight is 382 g/mol. The molecule has 3 rings (SSSR count). The van der Waals surface area contributed by atoms with Gasteiger partial charge in [0.25, 0.3) is 5.91 Å². The summed E-state index contributed by atoms with van der Waals surface area (Å²) in [6, 6.07) is 19.9. The molecule has 140 valence electrons. The maximum absolute atomic E-state index is 13.1. The SMILES string of the molecule is CCN(C(=O)c1ccc(S(=O)(=O)N(C)C)cc1)c1cccc2ccccc12. The van der Waals surface area contributed by atoms with Crippen LogP contribution in [0.25, 0.3) is 10.8 Å². The summed E-state index contributed by atoms with van der Waals surface area (Å²) in [6.45, 7) is 2.43. The lowest BCUT2D eigenvalue weighted by atomic mass is 10.1. The number of rotatable bonds is 5. The van der Waals surface area contributed by atoms with E-state index < -0.39 is 10.0 Å². The van der Waals surface area contributed by atoms with Gasteiger partial charge in [0.15, 0.2) is 0 Å². The first-order chi connectivity index (χ1) is 12.9. The summed E-state index contributed by atoms with van der Waals surface area (Å²) in [4.78, 5) is 15.0. The van der Waals surface area contributed by atoms with E-state index in [1.165, 1.54) is 26.2 Å². The molecule has 0 aliphatic heterocycles. The first kappa shape index (κ1) is 19.1. The molecular weight excluding hydrogens is 360 g/mol. The van der Waals surface area contributed by atoms with Crippen LogP contribution >= 0.6 is 0 Å². The molecule has 27 heavy (non-hydrogen) atoms. The zero-order chi connectivity index (χ0) is 19.6. The van der Waals surface area contributed by atoms with Crippen LogP contribution in [0.1, 0.15) is 17.3 Å². The van der Waals surface area contributed by atoms with Gasteiger partial charge in [-0.15, -0.1) is 0 Å². The molecule has 0 spiro atoms. The molecule has 3 aromatic carbocycles. The Balaban J connectivity index is 1.98. The lowest BCUT2D eigenvalue weighted by molar-refractivity contribution is 0.0988. The van der Waals surface area contributed by atoms with E-state index in [4.69, 9.17) is 0 Å². The fourth-order valence-corrected chi connectivity index (χ4v) is 3.90. The minimum absolute atomic E-state index is 0.164. The van der Waals surface area contributed by atoms with Crippen LogP contribution in [-0.4, -0.2) is 39.3 Å². The zero-order valence-corrected chi connectivity index (χ0v) is 16.4. The van der Waals surface area contributed by atoms with Crippen LogP contribution in [0.4, 0.5) is 5.69 Å². The highest BCUT2D eigenvalue weighted by Crippen LogP contribution is 2.28. The van der Waals surface area contributed by atoms with Crippen molar-refractivity contribution in [2.24, 2.45) is 0 Å². The number of fused-ring (bicyclic) bond motifs is 1. The van der Waals surface area contributed by atoms with Crippen molar-refractivity contribution >= 4 is 32.4 Å². The van der Waals surface area contributed by atoms with Gasteiger partial charge >= 0.3 is 0 Å². The normalized spacial score (nSPS) is 11.7. The minimum atomic E-state index is -3.52. The van der Waals surface area contributed by atoms with Crippen LogP contribution in [0.5, 0.6) is 0 Å². The maximum atomic E-state index is 13.1. The summed E-state index contributed by atoms with van der Waals surface area (Å²) in [5.41, 5.74) is 1.29. The lowest BCUT2D eigenvalue weighted by Crippen LogP contribution is -2.31. The van der Waals surface area contributed by atoms with E-state index in [1.807, 2.05) is 49.4 Å². The van der Waals surface area contributed by atoms with E-state index >= 15 is 0 Å². The maximum Gasteiger partial charge on any atom is 0.258 e. The number of benzene rings is 3. The Morgan fingerprint density at radius 1 is 0.889 bits per heavy atom. The Labute approximate surface area is 159 Å².